The van der Waals surface area contributed by atoms with E-state index in [-0.39, 0.29) is 18.0 Å². The number of thioether (sulfide) groups is 2. The van der Waals surface area contributed by atoms with Crippen molar-refractivity contribution < 1.29 is 18.0 Å². The van der Waals surface area contributed by atoms with Crippen molar-refractivity contribution in [3.8, 4) is 0 Å². The number of nitrogens with one attached hydrogen (secondary N) is 1. The van der Waals surface area contributed by atoms with Gasteiger partial charge in [-0.1, -0.05) is 29.6 Å². The van der Waals surface area contributed by atoms with Crippen molar-refractivity contribution >= 4 is 46.7 Å². The molecule has 2 rings (SSSR count). The van der Waals surface area contributed by atoms with Gasteiger partial charge < -0.3 is 5.32 Å². The minimum absolute atomic E-state index is 0.135. The fourth-order valence-electron chi connectivity index (χ4n) is 1.57. The Morgan fingerprint density at radius 2 is 2.17 bits per heavy atom. The maximum atomic E-state index is 12.6. The molecule has 0 spiro atoms. The van der Waals surface area contributed by atoms with E-state index in [1.165, 1.54) is 47.2 Å². The summed E-state index contributed by atoms with van der Waals surface area (Å²) < 4.78 is 42.7. The minimum Gasteiger partial charge on any atom is -0.326 e. The van der Waals surface area contributed by atoms with E-state index in [1.54, 1.807) is 0 Å². The summed E-state index contributed by atoms with van der Waals surface area (Å²) in [6.07, 6.45) is -2.38. The highest BCUT2D eigenvalue weighted by Crippen LogP contribution is 2.30. The number of nitrogens with zero attached hydrogens (tertiary/aromatic N) is 2. The van der Waals surface area contributed by atoms with E-state index in [9.17, 15) is 18.0 Å². The molecule has 23 heavy (non-hydrogen) atoms. The quantitative estimate of drug-likeness (QED) is 0.754. The molecule has 1 aromatic carbocycles. The predicted octanol–water partition coefficient (Wildman–Crippen LogP) is 4.40. The van der Waals surface area contributed by atoms with Gasteiger partial charge in [-0.25, -0.2) is 4.98 Å². The van der Waals surface area contributed by atoms with Gasteiger partial charge in [-0.2, -0.15) is 17.5 Å². The number of amides is 1. The summed E-state index contributed by atoms with van der Waals surface area (Å²) in [4.78, 5) is 16.0. The molecule has 0 aliphatic carbocycles. The molecule has 4 nitrogen and oxygen atoms in total. The van der Waals surface area contributed by atoms with Crippen LogP contribution in [0.1, 0.15) is 12.0 Å². The van der Waals surface area contributed by atoms with Crippen molar-refractivity contribution in [2.75, 3.05) is 17.3 Å². The van der Waals surface area contributed by atoms with Crippen LogP contribution >= 0.6 is 35.1 Å². The Hall–Kier alpha value is -1.26. The van der Waals surface area contributed by atoms with E-state index in [0.29, 0.717) is 10.9 Å². The normalized spacial score (nSPS) is 11.5. The molecule has 1 amide bonds. The number of benzene rings is 1. The maximum absolute atomic E-state index is 12.6. The smallest absolute Gasteiger partial charge is 0.326 e. The lowest BCUT2D eigenvalue weighted by Crippen LogP contribution is -2.13. The Bertz CT molecular complexity index is 676. The Balaban J connectivity index is 1.83. The zero-order valence-electron chi connectivity index (χ0n) is 11.9. The van der Waals surface area contributed by atoms with Gasteiger partial charge in [-0.15, -0.1) is 0 Å². The average Bonchev–Trinajstić information content (AvgIpc) is 2.94. The molecule has 1 aromatic heterocycles. The number of halogens is 3. The Labute approximate surface area is 143 Å². The number of hydrogen-bond donors (Lipinski definition) is 1. The highest BCUT2D eigenvalue weighted by Gasteiger charge is 2.30. The number of aromatic nitrogens is 2. The number of alkyl halides is 3. The molecule has 2 aromatic rings. The van der Waals surface area contributed by atoms with Crippen LogP contribution < -0.4 is 5.32 Å². The number of carbonyl (C=O) groups excluding carboxylic acids is 1. The van der Waals surface area contributed by atoms with Crippen LogP contribution in [0, 0.1) is 0 Å². The second-order valence-electron chi connectivity index (χ2n) is 4.27. The summed E-state index contributed by atoms with van der Waals surface area (Å²) in [5, 5.41) is 3.15. The van der Waals surface area contributed by atoms with E-state index in [2.05, 4.69) is 14.7 Å². The van der Waals surface area contributed by atoms with E-state index in [0.717, 1.165) is 16.5 Å². The van der Waals surface area contributed by atoms with Gasteiger partial charge in [0.2, 0.25) is 11.1 Å². The average molecular weight is 379 g/mol. The molecule has 0 aliphatic heterocycles. The first-order valence-corrected chi connectivity index (χ1v) is 9.34. The van der Waals surface area contributed by atoms with Gasteiger partial charge >= 0.3 is 6.18 Å². The molecule has 0 saturated heterocycles. The Morgan fingerprint density at radius 1 is 1.39 bits per heavy atom. The van der Waals surface area contributed by atoms with Gasteiger partial charge in [0.25, 0.3) is 0 Å². The monoisotopic (exact) mass is 379 g/mol. The first-order chi connectivity index (χ1) is 10.9. The van der Waals surface area contributed by atoms with Crippen LogP contribution in [0.2, 0.25) is 0 Å². The SMILES string of the molecule is CSc1nsc(SCCC(=O)Nc2cccc(C(F)(F)F)c2)n1. The van der Waals surface area contributed by atoms with Gasteiger partial charge in [-0.3, -0.25) is 4.79 Å². The number of anilines is 1. The van der Waals surface area contributed by atoms with E-state index in [4.69, 9.17) is 0 Å². The molecular formula is C13H12F3N3OS3. The highest BCUT2D eigenvalue weighted by molar-refractivity contribution is 8.01. The summed E-state index contributed by atoms with van der Waals surface area (Å²) in [6, 6.07) is 4.57. The Morgan fingerprint density at radius 3 is 2.83 bits per heavy atom. The molecule has 1 heterocycles. The molecular weight excluding hydrogens is 367 g/mol. The fourth-order valence-corrected chi connectivity index (χ4v) is 3.78. The first-order valence-electron chi connectivity index (χ1n) is 6.36. The fraction of sp³-hybridized carbons (Fsp3) is 0.308. The highest BCUT2D eigenvalue weighted by atomic mass is 32.2. The molecule has 0 radical (unpaired) electrons. The topological polar surface area (TPSA) is 54.9 Å². The first kappa shape index (κ1) is 18.1. The molecule has 0 unspecified atom stereocenters. The third-order valence-corrected chi connectivity index (χ3v) is 5.10. The van der Waals surface area contributed by atoms with Crippen molar-refractivity contribution in [2.45, 2.75) is 22.1 Å². The second kappa shape index (κ2) is 8.02. The maximum Gasteiger partial charge on any atom is 0.416 e. The summed E-state index contributed by atoms with van der Waals surface area (Å²) in [7, 11) is 0. The van der Waals surface area contributed by atoms with Gasteiger partial charge in [0.1, 0.15) is 0 Å². The van der Waals surface area contributed by atoms with Crippen LogP contribution in [0.25, 0.3) is 0 Å². The minimum atomic E-state index is -4.43. The molecule has 124 valence electrons. The Kier molecular flexibility index (Phi) is 6.31. The number of hydrogen-bond acceptors (Lipinski definition) is 6. The van der Waals surface area contributed by atoms with Crippen LogP contribution in [0.3, 0.4) is 0 Å². The van der Waals surface area contributed by atoms with E-state index < -0.39 is 11.7 Å². The molecule has 1 N–H and O–H groups in total. The molecule has 10 heteroatoms. The van der Waals surface area contributed by atoms with Crippen molar-refractivity contribution in [1.82, 2.24) is 9.36 Å². The third kappa shape index (κ3) is 5.70. The standard InChI is InChI=1S/C13H12F3N3OS3/c1-21-11-18-12(23-19-11)22-6-5-10(20)17-9-4-2-3-8(7-9)13(14,15)16/h2-4,7H,5-6H2,1H3,(H,17,20). The lowest BCUT2D eigenvalue weighted by molar-refractivity contribution is -0.137. The van der Waals surface area contributed by atoms with Crippen molar-refractivity contribution in [1.29, 1.82) is 0 Å². The largest absolute Gasteiger partial charge is 0.416 e. The molecule has 0 atom stereocenters. The third-order valence-electron chi connectivity index (χ3n) is 2.60. The number of carbonyl (C=O) groups is 1. The van der Waals surface area contributed by atoms with Gasteiger partial charge in [0, 0.05) is 17.9 Å². The predicted molar refractivity (Wildman–Crippen MR) is 87.1 cm³/mol. The van der Waals surface area contributed by atoms with Gasteiger partial charge in [0.05, 0.1) is 5.56 Å². The van der Waals surface area contributed by atoms with Crippen molar-refractivity contribution in [3.63, 3.8) is 0 Å². The summed E-state index contributed by atoms with van der Waals surface area (Å²) >= 11 is 4.09. The van der Waals surface area contributed by atoms with Gasteiger partial charge in [-0.05, 0) is 36.0 Å². The van der Waals surface area contributed by atoms with E-state index in [1.807, 2.05) is 6.26 Å². The molecule has 0 saturated carbocycles. The van der Waals surface area contributed by atoms with Crippen molar-refractivity contribution in [2.24, 2.45) is 0 Å². The van der Waals surface area contributed by atoms with Crippen LogP contribution in [-0.2, 0) is 11.0 Å². The summed E-state index contributed by atoms with van der Waals surface area (Å²) in [5.41, 5.74) is -0.654. The van der Waals surface area contributed by atoms with E-state index >= 15 is 0 Å². The molecule has 0 bridgehead atoms. The summed E-state index contributed by atoms with van der Waals surface area (Å²) in [5.74, 6) is 0.139. The number of rotatable bonds is 6. The van der Waals surface area contributed by atoms with Crippen LogP contribution in [0.4, 0.5) is 18.9 Å². The lowest BCUT2D eigenvalue weighted by Gasteiger charge is -2.09. The van der Waals surface area contributed by atoms with Crippen LogP contribution in [0.5, 0.6) is 0 Å². The van der Waals surface area contributed by atoms with Gasteiger partial charge in [0.15, 0.2) is 4.34 Å². The van der Waals surface area contributed by atoms with Crippen LogP contribution in [0.15, 0.2) is 33.8 Å². The summed E-state index contributed by atoms with van der Waals surface area (Å²) in [6.45, 7) is 0. The van der Waals surface area contributed by atoms with Crippen molar-refractivity contribution in [3.05, 3.63) is 29.8 Å². The molecule has 0 fully saturated rings. The lowest BCUT2D eigenvalue weighted by atomic mass is 10.2. The molecule has 0 aliphatic rings. The second-order valence-corrected chi connectivity index (χ2v) is 7.14. The van der Waals surface area contributed by atoms with Crippen LogP contribution in [-0.4, -0.2) is 27.3 Å². The zero-order valence-corrected chi connectivity index (χ0v) is 14.3. The zero-order chi connectivity index (χ0) is 16.9.